The second-order valence-corrected chi connectivity index (χ2v) is 6.23. The van der Waals surface area contributed by atoms with Gasteiger partial charge in [-0.05, 0) is 35.7 Å². The zero-order chi connectivity index (χ0) is 15.5. The molecule has 6 heteroatoms. The lowest BCUT2D eigenvalue weighted by Crippen LogP contribution is -2.49. The lowest BCUT2D eigenvalue weighted by molar-refractivity contribution is -0.143. The van der Waals surface area contributed by atoms with Crippen LogP contribution in [0, 0.1) is 5.82 Å². The third-order valence-corrected chi connectivity index (χ3v) is 4.84. The number of aliphatic carboxylic acids is 1. The number of hydrogen-bond donors (Lipinski definition) is 1. The first kappa shape index (κ1) is 15.0. The summed E-state index contributed by atoms with van der Waals surface area (Å²) in [5.41, 5.74) is 0.976. The van der Waals surface area contributed by atoms with E-state index in [1.807, 2.05) is 22.4 Å². The van der Waals surface area contributed by atoms with E-state index >= 15 is 0 Å². The Bertz CT molecular complexity index is 622. The first-order valence-electron chi connectivity index (χ1n) is 7.16. The smallest absolute Gasteiger partial charge is 0.326 e. The Morgan fingerprint density at radius 1 is 1.14 bits per heavy atom. The molecule has 1 N–H and O–H groups in total. The van der Waals surface area contributed by atoms with Crippen molar-refractivity contribution >= 4 is 23.0 Å². The van der Waals surface area contributed by atoms with Crippen LogP contribution in [-0.2, 0) is 4.79 Å². The van der Waals surface area contributed by atoms with Crippen LogP contribution in [0.5, 0.6) is 0 Å². The summed E-state index contributed by atoms with van der Waals surface area (Å²) < 4.78 is 13.0. The van der Waals surface area contributed by atoms with Crippen molar-refractivity contribution in [2.45, 2.75) is 6.04 Å². The molecule has 0 unspecified atom stereocenters. The van der Waals surface area contributed by atoms with Gasteiger partial charge < -0.3 is 10.0 Å². The summed E-state index contributed by atoms with van der Waals surface area (Å²) in [6.45, 7) is 2.82. The number of carboxylic acid groups (broad SMARTS) is 1. The fourth-order valence-corrected chi connectivity index (χ4v) is 3.65. The summed E-state index contributed by atoms with van der Waals surface area (Å²) in [6.07, 6.45) is 0. The van der Waals surface area contributed by atoms with E-state index in [9.17, 15) is 14.3 Å². The Hall–Kier alpha value is -1.92. The van der Waals surface area contributed by atoms with E-state index in [-0.39, 0.29) is 5.82 Å². The van der Waals surface area contributed by atoms with Gasteiger partial charge in [0, 0.05) is 36.7 Å². The quantitative estimate of drug-likeness (QED) is 0.941. The third kappa shape index (κ3) is 3.13. The Kier molecular flexibility index (Phi) is 4.40. The summed E-state index contributed by atoms with van der Waals surface area (Å²) in [7, 11) is 0. The van der Waals surface area contributed by atoms with Crippen LogP contribution >= 0.6 is 11.3 Å². The Labute approximate surface area is 132 Å². The highest BCUT2D eigenvalue weighted by Gasteiger charge is 2.30. The normalized spacial score (nSPS) is 17.4. The predicted octanol–water partition coefficient (Wildman–Crippen LogP) is 2.84. The van der Waals surface area contributed by atoms with Gasteiger partial charge in [-0.3, -0.25) is 9.69 Å². The highest BCUT2D eigenvalue weighted by Crippen LogP contribution is 2.27. The molecule has 4 nitrogen and oxygen atoms in total. The zero-order valence-electron chi connectivity index (χ0n) is 12.0. The molecule has 1 atom stereocenters. The van der Waals surface area contributed by atoms with Crippen LogP contribution < -0.4 is 4.90 Å². The fourth-order valence-electron chi connectivity index (χ4n) is 2.79. The molecule has 3 rings (SSSR count). The number of carbonyl (C=O) groups is 1. The molecular formula is C16H17FN2O2S. The maximum Gasteiger partial charge on any atom is 0.326 e. The second kappa shape index (κ2) is 6.46. The Balaban J connectivity index is 1.68. The number of benzene rings is 1. The van der Waals surface area contributed by atoms with Crippen LogP contribution in [0.2, 0.25) is 0 Å². The van der Waals surface area contributed by atoms with Gasteiger partial charge in [0.15, 0.2) is 0 Å². The van der Waals surface area contributed by atoms with Crippen LogP contribution in [0.3, 0.4) is 0 Å². The molecule has 22 heavy (non-hydrogen) atoms. The molecule has 116 valence electrons. The molecule has 0 aliphatic carbocycles. The van der Waals surface area contributed by atoms with Crippen molar-refractivity contribution in [2.24, 2.45) is 0 Å². The summed E-state index contributed by atoms with van der Waals surface area (Å²) in [5.74, 6) is -1.05. The number of piperazine rings is 1. The highest BCUT2D eigenvalue weighted by atomic mass is 32.1. The van der Waals surface area contributed by atoms with Gasteiger partial charge in [0.25, 0.3) is 0 Å². The maximum atomic E-state index is 13.0. The minimum Gasteiger partial charge on any atom is -0.480 e. The third-order valence-electron chi connectivity index (χ3n) is 3.92. The standard InChI is InChI=1S/C16H17FN2O2S/c17-12-3-5-13(6-4-12)18-7-9-19(10-8-18)15(16(20)21)14-2-1-11-22-14/h1-6,11,15H,7-10H2,(H,20,21)/t15-/m1/s1. The molecule has 2 heterocycles. The first-order chi connectivity index (χ1) is 10.6. The van der Waals surface area contributed by atoms with Crippen molar-refractivity contribution < 1.29 is 14.3 Å². The van der Waals surface area contributed by atoms with Crippen molar-refractivity contribution in [3.8, 4) is 0 Å². The number of carboxylic acids is 1. The highest BCUT2D eigenvalue weighted by molar-refractivity contribution is 7.10. The minimum absolute atomic E-state index is 0.244. The van der Waals surface area contributed by atoms with E-state index in [1.54, 1.807) is 12.1 Å². The van der Waals surface area contributed by atoms with Crippen molar-refractivity contribution in [3.63, 3.8) is 0 Å². The van der Waals surface area contributed by atoms with Gasteiger partial charge in [0.2, 0.25) is 0 Å². The predicted molar refractivity (Wildman–Crippen MR) is 84.9 cm³/mol. The fraction of sp³-hybridized carbons (Fsp3) is 0.312. The van der Waals surface area contributed by atoms with Crippen molar-refractivity contribution in [2.75, 3.05) is 31.1 Å². The van der Waals surface area contributed by atoms with Crippen LogP contribution in [0.4, 0.5) is 10.1 Å². The summed E-state index contributed by atoms with van der Waals surface area (Å²) in [4.78, 5) is 16.6. The number of hydrogen-bond acceptors (Lipinski definition) is 4. The van der Waals surface area contributed by atoms with Gasteiger partial charge in [0.05, 0.1) is 0 Å². The van der Waals surface area contributed by atoms with Gasteiger partial charge >= 0.3 is 5.97 Å². The SMILES string of the molecule is O=C(O)[C@@H](c1cccs1)N1CCN(c2ccc(F)cc2)CC1. The summed E-state index contributed by atoms with van der Waals surface area (Å²) in [6, 6.07) is 9.61. The number of anilines is 1. The van der Waals surface area contributed by atoms with Gasteiger partial charge in [-0.2, -0.15) is 0 Å². The van der Waals surface area contributed by atoms with Crippen LogP contribution in [-0.4, -0.2) is 42.2 Å². The summed E-state index contributed by atoms with van der Waals surface area (Å²) in [5, 5.41) is 11.4. The van der Waals surface area contributed by atoms with E-state index in [0.717, 1.165) is 23.7 Å². The van der Waals surface area contributed by atoms with Gasteiger partial charge in [0.1, 0.15) is 11.9 Å². The molecule has 0 radical (unpaired) electrons. The van der Waals surface area contributed by atoms with E-state index in [4.69, 9.17) is 0 Å². The average molecular weight is 320 g/mol. The lowest BCUT2D eigenvalue weighted by Gasteiger charge is -2.38. The van der Waals surface area contributed by atoms with E-state index < -0.39 is 12.0 Å². The number of nitrogens with zero attached hydrogens (tertiary/aromatic N) is 2. The number of halogens is 1. The lowest BCUT2D eigenvalue weighted by atomic mass is 10.1. The molecule has 1 aliphatic heterocycles. The minimum atomic E-state index is -0.808. The molecule has 1 saturated heterocycles. The van der Waals surface area contributed by atoms with E-state index in [1.165, 1.54) is 23.5 Å². The molecule has 0 saturated carbocycles. The van der Waals surface area contributed by atoms with Crippen LogP contribution in [0.1, 0.15) is 10.9 Å². The number of thiophene rings is 1. The van der Waals surface area contributed by atoms with Crippen LogP contribution in [0.15, 0.2) is 41.8 Å². The molecule has 0 amide bonds. The average Bonchev–Trinajstić information content (AvgIpc) is 3.03. The van der Waals surface area contributed by atoms with E-state index in [0.29, 0.717) is 13.1 Å². The molecule has 1 aromatic carbocycles. The van der Waals surface area contributed by atoms with Gasteiger partial charge in [-0.15, -0.1) is 11.3 Å². The molecular weight excluding hydrogens is 303 g/mol. The van der Waals surface area contributed by atoms with Gasteiger partial charge in [-0.25, -0.2) is 4.39 Å². The largest absolute Gasteiger partial charge is 0.480 e. The summed E-state index contributed by atoms with van der Waals surface area (Å²) >= 11 is 1.47. The molecule has 0 spiro atoms. The monoisotopic (exact) mass is 320 g/mol. The zero-order valence-corrected chi connectivity index (χ0v) is 12.8. The van der Waals surface area contributed by atoms with Crippen molar-refractivity contribution in [1.82, 2.24) is 4.90 Å². The van der Waals surface area contributed by atoms with Crippen molar-refractivity contribution in [3.05, 3.63) is 52.5 Å². The molecule has 1 aromatic heterocycles. The Morgan fingerprint density at radius 2 is 1.82 bits per heavy atom. The molecule has 2 aromatic rings. The molecule has 1 fully saturated rings. The second-order valence-electron chi connectivity index (χ2n) is 5.26. The molecule has 0 bridgehead atoms. The number of rotatable bonds is 4. The first-order valence-corrected chi connectivity index (χ1v) is 8.04. The Morgan fingerprint density at radius 3 is 2.36 bits per heavy atom. The van der Waals surface area contributed by atoms with Crippen LogP contribution in [0.25, 0.3) is 0 Å². The van der Waals surface area contributed by atoms with Crippen molar-refractivity contribution in [1.29, 1.82) is 0 Å². The molecule has 1 aliphatic rings. The maximum absolute atomic E-state index is 13.0. The van der Waals surface area contributed by atoms with Gasteiger partial charge in [-0.1, -0.05) is 6.07 Å². The van der Waals surface area contributed by atoms with E-state index in [2.05, 4.69) is 4.90 Å². The topological polar surface area (TPSA) is 43.8 Å².